The molecule has 0 rings (SSSR count). The third kappa shape index (κ3) is 6.76. The van der Waals surface area contributed by atoms with Crippen molar-refractivity contribution in [3.8, 4) is 0 Å². The average Bonchev–Trinajstić information content (AvgIpc) is 2.27. The maximum atomic E-state index is 10.8. The molecule has 0 aliphatic carbocycles. The lowest BCUT2D eigenvalue weighted by Gasteiger charge is -2.27. The number of carboxylic acids is 3. The summed E-state index contributed by atoms with van der Waals surface area (Å²) in [6.07, 6.45) is 0. The number of carboxylic acid groups (broad SMARTS) is 3. The van der Waals surface area contributed by atoms with Gasteiger partial charge in [0, 0.05) is 19.6 Å². The van der Waals surface area contributed by atoms with Crippen LogP contribution in [0.25, 0.3) is 0 Å². The Balaban J connectivity index is 4.67. The summed E-state index contributed by atoms with van der Waals surface area (Å²) in [5, 5.41) is 26.6. The molecule has 0 heterocycles. The van der Waals surface area contributed by atoms with Gasteiger partial charge in [0.2, 0.25) is 0 Å². The summed E-state index contributed by atoms with van der Waals surface area (Å²) < 4.78 is 0. The maximum absolute atomic E-state index is 10.8. The van der Waals surface area contributed by atoms with Gasteiger partial charge >= 0.3 is 17.9 Å². The lowest BCUT2D eigenvalue weighted by molar-refractivity contribution is -0.143. The van der Waals surface area contributed by atoms with Crippen LogP contribution in [0.5, 0.6) is 0 Å². The van der Waals surface area contributed by atoms with E-state index in [4.69, 9.17) is 15.3 Å². The van der Waals surface area contributed by atoms with Crippen LogP contribution in [-0.4, -0.2) is 57.8 Å². The van der Waals surface area contributed by atoms with Crippen LogP contribution >= 0.6 is 0 Å². The van der Waals surface area contributed by atoms with E-state index in [-0.39, 0.29) is 19.6 Å². The Bertz CT molecular complexity index is 291. The quantitative estimate of drug-likeness (QED) is 0.559. The van der Waals surface area contributed by atoms with Crippen LogP contribution in [0, 0.1) is 17.8 Å². The molecule has 0 saturated carbocycles. The number of hydrogen-bond acceptors (Lipinski definition) is 4. The zero-order chi connectivity index (χ0) is 15.2. The molecule has 7 heteroatoms. The lowest BCUT2D eigenvalue weighted by atomic mass is 10.1. The summed E-state index contributed by atoms with van der Waals surface area (Å²) in [6, 6.07) is 0. The Labute approximate surface area is 111 Å². The molecule has 0 aromatic carbocycles. The van der Waals surface area contributed by atoms with Crippen LogP contribution in [0.3, 0.4) is 0 Å². The predicted octanol–water partition coefficient (Wildman–Crippen LogP) is 0.451. The van der Waals surface area contributed by atoms with Crippen molar-refractivity contribution >= 4 is 17.9 Å². The maximum Gasteiger partial charge on any atom is 0.307 e. The summed E-state index contributed by atoms with van der Waals surface area (Å²) in [4.78, 5) is 34.0. The van der Waals surface area contributed by atoms with Gasteiger partial charge in [0.15, 0.2) is 0 Å². The summed E-state index contributed by atoms with van der Waals surface area (Å²) >= 11 is 0. The third-order valence-corrected chi connectivity index (χ3v) is 2.86. The first-order valence-corrected chi connectivity index (χ1v) is 6.05. The standard InChI is InChI=1S/C12H21NO6/c1-7(10(14)15)4-13(5-8(2)11(16)17)6-9(3)12(18)19/h7-9H,4-6H2,1-3H3,(H,14,15)(H,16,17)(H,18,19). The van der Waals surface area contributed by atoms with Gasteiger partial charge in [-0.05, 0) is 0 Å². The first-order chi connectivity index (χ1) is 8.65. The van der Waals surface area contributed by atoms with Crippen molar-refractivity contribution in [3.63, 3.8) is 0 Å². The molecule has 0 aromatic rings. The largest absolute Gasteiger partial charge is 0.481 e. The lowest BCUT2D eigenvalue weighted by Crippen LogP contribution is -2.40. The number of carbonyl (C=O) groups is 3. The second kappa shape index (κ2) is 7.73. The van der Waals surface area contributed by atoms with Gasteiger partial charge in [-0.1, -0.05) is 20.8 Å². The molecule has 3 unspecified atom stereocenters. The monoisotopic (exact) mass is 275 g/mol. The van der Waals surface area contributed by atoms with Gasteiger partial charge in [-0.3, -0.25) is 14.4 Å². The van der Waals surface area contributed by atoms with Gasteiger partial charge in [-0.15, -0.1) is 0 Å². The molecule has 110 valence electrons. The molecule has 0 aromatic heterocycles. The second-order valence-corrected chi connectivity index (χ2v) is 4.94. The van der Waals surface area contributed by atoms with Crippen molar-refractivity contribution in [2.45, 2.75) is 20.8 Å². The summed E-state index contributed by atoms with van der Waals surface area (Å²) in [7, 11) is 0. The Morgan fingerprint density at radius 2 is 0.947 bits per heavy atom. The molecule has 0 aliphatic heterocycles. The minimum atomic E-state index is -0.990. The fraction of sp³-hybridized carbons (Fsp3) is 0.750. The van der Waals surface area contributed by atoms with E-state index in [1.165, 1.54) is 20.8 Å². The van der Waals surface area contributed by atoms with E-state index in [1.807, 2.05) is 0 Å². The molecule has 19 heavy (non-hydrogen) atoms. The second-order valence-electron chi connectivity index (χ2n) is 4.94. The average molecular weight is 275 g/mol. The van der Waals surface area contributed by atoms with E-state index < -0.39 is 35.7 Å². The topological polar surface area (TPSA) is 115 Å². The van der Waals surface area contributed by atoms with E-state index in [9.17, 15) is 14.4 Å². The smallest absolute Gasteiger partial charge is 0.307 e. The highest BCUT2D eigenvalue weighted by Crippen LogP contribution is 2.09. The van der Waals surface area contributed by atoms with Gasteiger partial charge in [0.1, 0.15) is 0 Å². The Kier molecular flexibility index (Phi) is 7.06. The molecule has 3 atom stereocenters. The van der Waals surface area contributed by atoms with E-state index in [0.717, 1.165) is 0 Å². The predicted molar refractivity (Wildman–Crippen MR) is 66.8 cm³/mol. The Morgan fingerprint density at radius 1 is 0.737 bits per heavy atom. The van der Waals surface area contributed by atoms with E-state index in [2.05, 4.69) is 0 Å². The van der Waals surface area contributed by atoms with Crippen molar-refractivity contribution in [2.24, 2.45) is 17.8 Å². The molecule has 0 spiro atoms. The van der Waals surface area contributed by atoms with Gasteiger partial charge in [0.25, 0.3) is 0 Å². The van der Waals surface area contributed by atoms with Crippen molar-refractivity contribution in [1.29, 1.82) is 0 Å². The fourth-order valence-electron chi connectivity index (χ4n) is 1.62. The summed E-state index contributed by atoms with van der Waals surface area (Å²) in [5.41, 5.74) is 0. The molecule has 0 aliphatic rings. The molecule has 3 N–H and O–H groups in total. The van der Waals surface area contributed by atoms with Crippen molar-refractivity contribution in [2.75, 3.05) is 19.6 Å². The fourth-order valence-corrected chi connectivity index (χ4v) is 1.62. The SMILES string of the molecule is CC(CN(CC(C)C(=O)O)CC(C)C(=O)O)C(=O)O. The molecule has 7 nitrogen and oxygen atoms in total. The summed E-state index contributed by atoms with van der Waals surface area (Å²) in [5.74, 6) is -5.01. The molecule has 0 bridgehead atoms. The van der Waals surface area contributed by atoms with Crippen molar-refractivity contribution in [1.82, 2.24) is 4.90 Å². The third-order valence-electron chi connectivity index (χ3n) is 2.86. The van der Waals surface area contributed by atoms with Crippen LogP contribution < -0.4 is 0 Å². The van der Waals surface area contributed by atoms with Crippen molar-refractivity contribution in [3.05, 3.63) is 0 Å². The van der Waals surface area contributed by atoms with Crippen LogP contribution in [0.1, 0.15) is 20.8 Å². The highest BCUT2D eigenvalue weighted by molar-refractivity contribution is 5.71. The van der Waals surface area contributed by atoms with Gasteiger partial charge in [-0.25, -0.2) is 0 Å². The number of rotatable bonds is 9. The number of aliphatic carboxylic acids is 3. The van der Waals surface area contributed by atoms with E-state index in [1.54, 1.807) is 4.90 Å². The van der Waals surface area contributed by atoms with Crippen molar-refractivity contribution < 1.29 is 29.7 Å². The summed E-state index contributed by atoms with van der Waals surface area (Å²) in [6.45, 7) is 4.91. The van der Waals surface area contributed by atoms with E-state index in [0.29, 0.717) is 0 Å². The first kappa shape index (κ1) is 17.4. The van der Waals surface area contributed by atoms with Gasteiger partial charge in [-0.2, -0.15) is 0 Å². The molecule has 0 amide bonds. The minimum absolute atomic E-state index is 0.130. The first-order valence-electron chi connectivity index (χ1n) is 6.05. The Morgan fingerprint density at radius 3 is 1.11 bits per heavy atom. The molecule has 0 fully saturated rings. The number of hydrogen-bond donors (Lipinski definition) is 3. The Hall–Kier alpha value is -1.63. The molecular formula is C12H21NO6. The normalized spacial score (nSPS) is 15.8. The van der Waals surface area contributed by atoms with Crippen LogP contribution in [0.4, 0.5) is 0 Å². The molecular weight excluding hydrogens is 254 g/mol. The molecule has 0 radical (unpaired) electrons. The van der Waals surface area contributed by atoms with Gasteiger partial charge < -0.3 is 20.2 Å². The van der Waals surface area contributed by atoms with Gasteiger partial charge in [0.05, 0.1) is 17.8 Å². The zero-order valence-electron chi connectivity index (χ0n) is 11.4. The van der Waals surface area contributed by atoms with E-state index >= 15 is 0 Å². The highest BCUT2D eigenvalue weighted by atomic mass is 16.4. The van der Waals surface area contributed by atoms with Crippen LogP contribution in [0.15, 0.2) is 0 Å². The van der Waals surface area contributed by atoms with Crippen LogP contribution in [0.2, 0.25) is 0 Å². The molecule has 0 saturated heterocycles. The van der Waals surface area contributed by atoms with Crippen LogP contribution in [-0.2, 0) is 14.4 Å². The minimum Gasteiger partial charge on any atom is -0.481 e. The zero-order valence-corrected chi connectivity index (χ0v) is 11.4. The number of nitrogens with zero attached hydrogens (tertiary/aromatic N) is 1. The highest BCUT2D eigenvalue weighted by Gasteiger charge is 2.24.